The van der Waals surface area contributed by atoms with Gasteiger partial charge in [0.25, 0.3) is 0 Å². The van der Waals surface area contributed by atoms with Gasteiger partial charge in [0.05, 0.1) is 13.7 Å². The summed E-state index contributed by atoms with van der Waals surface area (Å²) in [6.07, 6.45) is 1.83. The molecule has 0 saturated heterocycles. The summed E-state index contributed by atoms with van der Waals surface area (Å²) in [5.41, 5.74) is 3.38. The molecule has 4 aromatic heterocycles. The van der Waals surface area contributed by atoms with E-state index in [9.17, 15) is 5.11 Å². The van der Waals surface area contributed by atoms with E-state index in [4.69, 9.17) is 23.4 Å². The molecule has 0 aliphatic rings. The number of imidazole rings is 1. The number of nitrogens with zero attached hydrogens (tertiary/aromatic N) is 4. The molecular weight excluding hydrogens is 1010 g/mol. The molecule has 6 nitrogen and oxygen atoms in total. The van der Waals surface area contributed by atoms with Crippen LogP contribution in [0, 0.1) is 12.1 Å². The average molecular weight is 1060 g/mol. The number of rotatable bonds is 7. The molecule has 0 radical (unpaired) electrons. The van der Waals surface area contributed by atoms with Crippen LogP contribution in [0.5, 0.6) is 17.5 Å². The topological polar surface area (TPSA) is 56.1 Å². The van der Waals surface area contributed by atoms with Crippen LogP contribution in [-0.2, 0) is 26.5 Å². The molecule has 12 rings (SSSR count). The fourth-order valence-electron chi connectivity index (χ4n) is 8.81. The third-order valence-corrected chi connectivity index (χ3v) is 13.0. The Kier molecular flexibility index (Phi) is 7.78. The molecule has 0 saturated carbocycles. The summed E-state index contributed by atoms with van der Waals surface area (Å²) in [5, 5.41) is 17.2. The minimum absolute atomic E-state index is 0. The van der Waals surface area contributed by atoms with Gasteiger partial charge in [-0.3, -0.25) is 0 Å². The number of ether oxygens (including phenoxy) is 1. The maximum atomic E-state index is 12.8. The van der Waals surface area contributed by atoms with Gasteiger partial charge < -0.3 is 14.4 Å². The summed E-state index contributed by atoms with van der Waals surface area (Å²) in [6, 6.07) is 38.1. The number of hydrogen-bond donors (Lipinski definition) is 1. The van der Waals surface area contributed by atoms with Gasteiger partial charge in [0.15, 0.2) is 16.7 Å². The molecule has 0 bridgehead atoms. The summed E-state index contributed by atoms with van der Waals surface area (Å²) >= 11 is 1.75. The molecule has 320 valence electrons. The van der Waals surface area contributed by atoms with Crippen LogP contribution in [0.4, 0.5) is 0 Å². The van der Waals surface area contributed by atoms with E-state index >= 15 is 0 Å². The largest absolute Gasteiger partial charge is 2.00 e. The van der Waals surface area contributed by atoms with Crippen LogP contribution in [0.25, 0.3) is 92.5 Å². The number of thiophene rings is 1. The number of benzene rings is 8. The molecule has 0 amide bonds. The predicted octanol–water partition coefficient (Wildman–Crippen LogP) is 14.5. The van der Waals surface area contributed by atoms with E-state index in [1.54, 1.807) is 53.8 Å². The SMILES string of the molecule is [2H]c1c([2H])c([2H])c(-c2cccc(-c3c([2H])c([2H])c([2H])c([2H])c3[2H])c2-[n+]2c(O)n(-c3[c-]c(Oc4[c-]c5c(cc4)c4c6sc7ccccc7c6ccc4n5-c4cc(C(C)(C)C)ccn4)ccc3)c3ccccc32)c([2H])c1[2H].[Pt+2]. The van der Waals surface area contributed by atoms with Gasteiger partial charge in [0, 0.05) is 60.2 Å². The van der Waals surface area contributed by atoms with Gasteiger partial charge in [-0.2, -0.15) is 21.3 Å². The maximum Gasteiger partial charge on any atom is 2.00 e. The molecule has 8 aromatic carbocycles. The Morgan fingerprint density at radius 2 is 1.35 bits per heavy atom. The second-order valence-electron chi connectivity index (χ2n) is 16.7. The Labute approximate surface area is 414 Å². The average Bonchev–Trinajstić information content (AvgIpc) is 4.11. The van der Waals surface area contributed by atoms with Gasteiger partial charge in [0.2, 0.25) is 0 Å². The van der Waals surface area contributed by atoms with Gasteiger partial charge in [-0.1, -0.05) is 147 Å². The molecule has 0 aliphatic heterocycles. The minimum Gasteiger partial charge on any atom is -0.509 e. The molecule has 1 N–H and O–H groups in total. The fraction of sp³-hybridized carbons (Fsp3) is 0.0690. The first-order chi connectivity index (χ1) is 35.9. The van der Waals surface area contributed by atoms with Crippen molar-refractivity contribution in [1.29, 1.82) is 0 Å². The zero-order valence-electron chi connectivity index (χ0n) is 45.5. The van der Waals surface area contributed by atoms with Gasteiger partial charge in [-0.25, -0.2) is 4.98 Å². The number of fused-ring (bicyclic) bond motifs is 8. The molecule has 4 heterocycles. The van der Waals surface area contributed by atoms with Crippen LogP contribution in [0.3, 0.4) is 0 Å². The van der Waals surface area contributed by atoms with E-state index in [1.165, 1.54) is 37.4 Å². The summed E-state index contributed by atoms with van der Waals surface area (Å²) in [6.45, 7) is 6.51. The molecule has 0 spiro atoms. The Morgan fingerprint density at radius 3 is 2.11 bits per heavy atom. The third kappa shape index (κ3) is 6.81. The second-order valence-corrected chi connectivity index (χ2v) is 17.7. The zero-order chi connectivity index (χ0) is 52.5. The van der Waals surface area contributed by atoms with Crippen LogP contribution in [0.1, 0.15) is 40.0 Å². The molecule has 8 heteroatoms. The smallest absolute Gasteiger partial charge is 0.509 e. The summed E-state index contributed by atoms with van der Waals surface area (Å²) in [4.78, 5) is 4.90. The van der Waals surface area contributed by atoms with Crippen LogP contribution < -0.4 is 9.30 Å². The van der Waals surface area contributed by atoms with Crippen molar-refractivity contribution in [2.45, 2.75) is 26.2 Å². The molecule has 0 atom stereocenters. The normalized spacial score (nSPS) is 13.9. The third-order valence-electron chi connectivity index (χ3n) is 11.8. The zero-order valence-corrected chi connectivity index (χ0v) is 38.6. The van der Waals surface area contributed by atoms with Gasteiger partial charge in [0.1, 0.15) is 5.82 Å². The van der Waals surface area contributed by atoms with Crippen molar-refractivity contribution in [3.05, 3.63) is 206 Å². The van der Waals surface area contributed by atoms with E-state index in [0.717, 1.165) is 43.3 Å². The van der Waals surface area contributed by atoms with Gasteiger partial charge in [-0.15, -0.1) is 41.0 Å². The van der Waals surface area contributed by atoms with Crippen molar-refractivity contribution in [2.75, 3.05) is 0 Å². The van der Waals surface area contributed by atoms with E-state index in [0.29, 0.717) is 22.5 Å². The number of para-hydroxylation sites is 3. The van der Waals surface area contributed by atoms with Crippen molar-refractivity contribution in [2.24, 2.45) is 0 Å². The Morgan fingerprint density at radius 1 is 0.667 bits per heavy atom. The van der Waals surface area contributed by atoms with E-state index in [1.807, 2.05) is 24.4 Å². The Hall–Kier alpha value is -7.31. The monoisotopic (exact) mass is 1060 g/mol. The molecule has 66 heavy (non-hydrogen) atoms. The molecular formula is C58H41N4O2PtS+. The van der Waals surface area contributed by atoms with Crippen LogP contribution in [0.15, 0.2) is 188 Å². The summed E-state index contributed by atoms with van der Waals surface area (Å²) < 4.78 is 101. The summed E-state index contributed by atoms with van der Waals surface area (Å²) in [5.74, 6) is 1.39. The molecule has 12 aromatic rings. The van der Waals surface area contributed by atoms with Crippen LogP contribution in [-0.4, -0.2) is 19.2 Å². The standard InChI is InChI=1S/C58H40N4O2S.Pt/c1-58(2,3)39-32-33-59-53(34-39)61-50-31-30-46-45-22-10-13-27-52(45)65-56(46)54(50)47-29-28-42(36-51(47)61)64-41-21-14-20-40(35-41)60-48-25-11-12-26-49(48)62(57(60)63)55-43(37-16-6-4-7-17-37)23-15-24-44(55)38-18-8-5-9-19-38;/h4-34H,1-3H3;/q-2;+2/p+1/i4D,5D,6D,7D,8D,9D,16D,17D,18D,19D;. The Balaban J connectivity index is 0.00000616. The van der Waals surface area contributed by atoms with Gasteiger partial charge in [-0.05, 0) is 63.9 Å². The van der Waals surface area contributed by atoms with Crippen molar-refractivity contribution in [1.82, 2.24) is 14.1 Å². The number of aromatic hydroxyl groups is 1. The van der Waals surface area contributed by atoms with Crippen molar-refractivity contribution >= 4 is 64.3 Å². The fourth-order valence-corrected chi connectivity index (χ4v) is 10.1. The summed E-state index contributed by atoms with van der Waals surface area (Å²) in [7, 11) is 0. The van der Waals surface area contributed by atoms with Crippen molar-refractivity contribution in [3.63, 3.8) is 0 Å². The number of pyridine rings is 1. The predicted molar refractivity (Wildman–Crippen MR) is 265 cm³/mol. The second kappa shape index (κ2) is 16.3. The van der Waals surface area contributed by atoms with Crippen molar-refractivity contribution < 1.29 is 49.2 Å². The molecule has 0 fully saturated rings. The first-order valence-electron chi connectivity index (χ1n) is 25.9. The molecule has 0 aliphatic carbocycles. The van der Waals surface area contributed by atoms with Gasteiger partial charge >= 0.3 is 27.1 Å². The quantitative estimate of drug-likeness (QED) is 0.128. The van der Waals surface area contributed by atoms with Crippen LogP contribution >= 0.6 is 11.3 Å². The van der Waals surface area contributed by atoms with Crippen molar-refractivity contribution in [3.8, 4) is 57.0 Å². The number of aromatic nitrogens is 4. The minimum atomic E-state index is -0.613. The van der Waals surface area contributed by atoms with Crippen LogP contribution in [0.2, 0.25) is 0 Å². The van der Waals surface area contributed by atoms with E-state index < -0.39 is 66.4 Å². The Bertz CT molecular complexity index is 4290. The van der Waals surface area contributed by atoms with E-state index in [-0.39, 0.29) is 60.2 Å². The van der Waals surface area contributed by atoms with E-state index in [2.05, 4.69) is 79.9 Å². The first kappa shape index (κ1) is 31.5. The first-order valence-corrected chi connectivity index (χ1v) is 21.8. The maximum absolute atomic E-state index is 12.8. The number of hydrogen-bond acceptors (Lipinski definition) is 4. The molecule has 0 unspecified atom stereocenters.